The van der Waals surface area contributed by atoms with Gasteiger partial charge in [-0.25, -0.2) is 0 Å². The molecule has 0 unspecified atom stereocenters. The molecular weight excluding hydrogens is 330 g/mol. The van der Waals surface area contributed by atoms with E-state index in [0.29, 0.717) is 0 Å². The topological polar surface area (TPSA) is 0 Å². The minimum absolute atomic E-state index is 0.285. The second-order valence-electron chi connectivity index (χ2n) is 4.73. The van der Waals surface area contributed by atoms with Crippen LogP contribution < -0.4 is 0 Å². The molecule has 0 radical (unpaired) electrons. The number of benzene rings is 2. The Balaban J connectivity index is 2.77. The lowest BCUT2D eigenvalue weighted by atomic mass is 10.0. The van der Waals surface area contributed by atoms with E-state index in [1.54, 1.807) is 11.5 Å². The van der Waals surface area contributed by atoms with Crippen LogP contribution in [0.5, 0.6) is 0 Å². The smallest absolute Gasteiger partial charge is 0.165 e. The Hall–Kier alpha value is -2.68. The molecule has 0 N–H and O–H groups in total. The van der Waals surface area contributed by atoms with Gasteiger partial charge in [0.25, 0.3) is 0 Å². The molecule has 6 heteroatoms. The van der Waals surface area contributed by atoms with Crippen LogP contribution in [0.1, 0.15) is 11.1 Å². The molecule has 2 aromatic carbocycles. The highest BCUT2D eigenvalue weighted by Crippen LogP contribution is 2.35. The molecule has 0 spiro atoms. The molecule has 2 rings (SSSR count). The Morgan fingerprint density at radius 3 is 1.08 bits per heavy atom. The summed E-state index contributed by atoms with van der Waals surface area (Å²) in [5, 5.41) is 0. The predicted molar refractivity (Wildman–Crippen MR) is 78.8 cm³/mol. The fourth-order valence-corrected chi connectivity index (χ4v) is 1.95. The van der Waals surface area contributed by atoms with Crippen molar-refractivity contribution in [2.45, 2.75) is 12.4 Å². The minimum atomic E-state index is -4.86. The number of allylic oxidation sites excluding steroid dienone is 2. The van der Waals surface area contributed by atoms with Gasteiger partial charge in [0, 0.05) is 0 Å². The van der Waals surface area contributed by atoms with E-state index in [4.69, 9.17) is 0 Å². The van der Waals surface area contributed by atoms with Gasteiger partial charge in [-0.3, -0.25) is 0 Å². The largest absolute Gasteiger partial charge is 0.424 e. The van der Waals surface area contributed by atoms with Gasteiger partial charge in [-0.15, -0.1) is 0 Å². The van der Waals surface area contributed by atoms with Crippen LogP contribution in [0.2, 0.25) is 0 Å². The van der Waals surface area contributed by atoms with E-state index in [9.17, 15) is 26.3 Å². The van der Waals surface area contributed by atoms with E-state index >= 15 is 0 Å². The van der Waals surface area contributed by atoms with Gasteiger partial charge in [-0.2, -0.15) is 26.3 Å². The van der Waals surface area contributed by atoms with Gasteiger partial charge < -0.3 is 0 Å². The van der Waals surface area contributed by atoms with E-state index in [0.717, 1.165) is 24.3 Å². The lowest BCUT2D eigenvalue weighted by Crippen LogP contribution is -2.11. The van der Waals surface area contributed by atoms with Crippen LogP contribution in [-0.4, -0.2) is 12.4 Å². The summed E-state index contributed by atoms with van der Waals surface area (Å²) in [4.78, 5) is 0. The molecule has 0 bridgehead atoms. The van der Waals surface area contributed by atoms with Crippen LogP contribution in [0.25, 0.3) is 11.1 Å². The van der Waals surface area contributed by atoms with Gasteiger partial charge in [0.15, 0.2) is 0 Å². The van der Waals surface area contributed by atoms with Gasteiger partial charge >= 0.3 is 12.4 Å². The molecule has 0 aliphatic rings. The van der Waals surface area contributed by atoms with Gasteiger partial charge in [-0.05, 0) is 11.1 Å². The lowest BCUT2D eigenvalue weighted by molar-refractivity contribution is -0.0702. The minimum Gasteiger partial charge on any atom is -0.165 e. The fraction of sp³-hybridized carbons (Fsp3) is 0.111. The summed E-state index contributed by atoms with van der Waals surface area (Å²) in [6.07, 6.45) is -9.72. The van der Waals surface area contributed by atoms with Gasteiger partial charge in [-0.1, -0.05) is 72.1 Å². The van der Waals surface area contributed by atoms with Crippen molar-refractivity contribution < 1.29 is 26.3 Å². The van der Waals surface area contributed by atoms with Crippen molar-refractivity contribution in [1.29, 1.82) is 0 Å². The highest BCUT2D eigenvalue weighted by Gasteiger charge is 2.36. The molecule has 0 aliphatic heterocycles. The van der Waals surface area contributed by atoms with Crippen LogP contribution in [-0.2, 0) is 0 Å². The first-order chi connectivity index (χ1) is 11.2. The summed E-state index contributed by atoms with van der Waals surface area (Å²) < 4.78 is 78.8. The first-order valence-electron chi connectivity index (χ1n) is 6.71. The molecular formula is C18H10F6. The summed E-state index contributed by atoms with van der Waals surface area (Å²) in [6, 6.07) is 13.0. The Bertz CT molecular complexity index is 715. The maximum atomic E-state index is 13.1. The van der Waals surface area contributed by atoms with E-state index < -0.39 is 23.5 Å². The second kappa shape index (κ2) is 6.83. The van der Waals surface area contributed by atoms with Crippen molar-refractivity contribution in [3.8, 4) is 0 Å². The molecule has 0 saturated heterocycles. The maximum absolute atomic E-state index is 13.1. The Morgan fingerprint density at radius 2 is 0.833 bits per heavy atom. The highest BCUT2D eigenvalue weighted by molar-refractivity contribution is 5.73. The molecule has 2 aromatic rings. The summed E-state index contributed by atoms with van der Waals surface area (Å²) in [6.45, 7) is 0. The zero-order chi connectivity index (χ0) is 17.8. The zero-order valence-corrected chi connectivity index (χ0v) is 12.0. The monoisotopic (exact) mass is 340 g/mol. The number of hydrogen-bond acceptors (Lipinski definition) is 0. The molecule has 24 heavy (non-hydrogen) atoms. The Kier molecular flexibility index (Phi) is 5.03. The zero-order valence-electron chi connectivity index (χ0n) is 12.0. The van der Waals surface area contributed by atoms with Crippen molar-refractivity contribution in [3.05, 3.63) is 83.3 Å². The first kappa shape index (κ1) is 17.7. The highest BCUT2D eigenvalue weighted by atomic mass is 19.4. The van der Waals surface area contributed by atoms with Gasteiger partial charge in [0.05, 0.1) is 0 Å². The molecule has 0 saturated carbocycles. The number of alkyl halides is 6. The van der Waals surface area contributed by atoms with Gasteiger partial charge in [0.1, 0.15) is 11.1 Å². The lowest BCUT2D eigenvalue weighted by Gasteiger charge is -2.10. The number of halogens is 6. The average molecular weight is 340 g/mol. The van der Waals surface area contributed by atoms with Crippen molar-refractivity contribution in [2.24, 2.45) is 0 Å². The molecule has 0 amide bonds. The third kappa shape index (κ3) is 4.42. The second-order valence-corrected chi connectivity index (χ2v) is 4.73. The van der Waals surface area contributed by atoms with E-state index in [1.165, 1.54) is 36.4 Å². The third-order valence-electron chi connectivity index (χ3n) is 3.00. The quantitative estimate of drug-likeness (QED) is 0.462. The first-order valence-corrected chi connectivity index (χ1v) is 6.71. The van der Waals surface area contributed by atoms with Crippen LogP contribution in [0.4, 0.5) is 26.3 Å². The molecule has 0 heterocycles. The summed E-state index contributed by atoms with van der Waals surface area (Å²) in [5.41, 5.74) is 0.124. The normalized spacial score (nSPS) is 11.4. The number of rotatable bonds is 2. The van der Waals surface area contributed by atoms with Crippen molar-refractivity contribution in [2.75, 3.05) is 0 Å². The van der Waals surface area contributed by atoms with Crippen LogP contribution >= 0.6 is 0 Å². The van der Waals surface area contributed by atoms with Crippen LogP contribution in [0.3, 0.4) is 0 Å². The molecule has 0 atom stereocenters. The standard InChI is InChI=1S/C18H10F6/c19-17(20,21)15(13-7-3-1-4-8-13)11-12-16(18(22,23)24)14-9-5-2-6-10-14/h1-10H. The maximum Gasteiger partial charge on any atom is 0.424 e. The number of hydrogen-bond donors (Lipinski definition) is 0. The van der Waals surface area contributed by atoms with Crippen molar-refractivity contribution in [1.82, 2.24) is 0 Å². The summed E-state index contributed by atoms with van der Waals surface area (Å²) >= 11 is 0. The van der Waals surface area contributed by atoms with Crippen molar-refractivity contribution in [3.63, 3.8) is 0 Å². The summed E-state index contributed by atoms with van der Waals surface area (Å²) in [7, 11) is 0. The Labute approximate surface area is 134 Å². The Morgan fingerprint density at radius 1 is 0.542 bits per heavy atom. The third-order valence-corrected chi connectivity index (χ3v) is 3.00. The predicted octanol–water partition coefficient (Wildman–Crippen LogP) is 6.03. The van der Waals surface area contributed by atoms with E-state index in [2.05, 4.69) is 0 Å². The molecule has 0 aliphatic carbocycles. The SMILES string of the molecule is FC(F)(F)C(=C=C=C(c1ccccc1)C(F)(F)F)c1ccccc1. The molecule has 0 aromatic heterocycles. The molecule has 0 nitrogen and oxygen atoms in total. The van der Waals surface area contributed by atoms with E-state index in [1.807, 2.05) is 0 Å². The van der Waals surface area contributed by atoms with Gasteiger partial charge in [0.2, 0.25) is 0 Å². The average Bonchev–Trinajstić information content (AvgIpc) is 2.51. The van der Waals surface area contributed by atoms with Crippen LogP contribution in [0.15, 0.2) is 72.1 Å². The van der Waals surface area contributed by atoms with Crippen molar-refractivity contribution >= 4 is 11.1 Å². The fourth-order valence-electron chi connectivity index (χ4n) is 1.95. The summed E-state index contributed by atoms with van der Waals surface area (Å²) in [5.74, 6) is 0. The van der Waals surface area contributed by atoms with Crippen LogP contribution in [0, 0.1) is 0 Å². The van der Waals surface area contributed by atoms with E-state index in [-0.39, 0.29) is 11.1 Å². The molecule has 0 fully saturated rings. The molecule has 124 valence electrons.